The number of rotatable bonds is 1. The van der Waals surface area contributed by atoms with E-state index in [1.165, 1.54) is 0 Å². The quantitative estimate of drug-likeness (QED) is 0.374. The van der Waals surface area contributed by atoms with Crippen LogP contribution in [0.25, 0.3) is 5.65 Å². The zero-order valence-corrected chi connectivity index (χ0v) is 10.4. The van der Waals surface area contributed by atoms with Crippen molar-refractivity contribution in [2.24, 2.45) is 5.16 Å². The number of halogens is 7. The summed E-state index contributed by atoms with van der Waals surface area (Å²) in [5, 5.41) is 10.1. The predicted octanol–water partition coefficient (Wildman–Crippen LogP) is 3.75. The molecule has 0 fully saturated rings. The van der Waals surface area contributed by atoms with Crippen LogP contribution in [-0.2, 0) is 6.18 Å². The highest BCUT2D eigenvalue weighted by Gasteiger charge is 2.40. The molecule has 0 radical (unpaired) electrons. The second kappa shape index (κ2) is 4.79. The van der Waals surface area contributed by atoms with E-state index in [1.54, 1.807) is 0 Å². The molecule has 21 heavy (non-hydrogen) atoms. The minimum Gasteiger partial charge on any atom is -0.410 e. The molecule has 11 heteroatoms. The lowest BCUT2D eigenvalue weighted by Gasteiger charge is -2.11. The third-order valence-corrected chi connectivity index (χ3v) is 2.78. The third-order valence-electron chi connectivity index (χ3n) is 2.50. The standard InChI is InChI=1S/C10H4ClF6N3O/c11-5-1-4(9(12,13)14)3-20-6(2-18-8(5)20)7(19-21)10(15,16)17/h1-3,21H/b19-7-. The van der Waals surface area contributed by atoms with Gasteiger partial charge in [0.05, 0.1) is 22.5 Å². The molecule has 0 bridgehead atoms. The molecule has 0 unspecified atom stereocenters. The van der Waals surface area contributed by atoms with Crippen molar-refractivity contribution in [2.45, 2.75) is 12.4 Å². The maximum absolute atomic E-state index is 12.7. The molecule has 0 aliphatic carbocycles. The van der Waals surface area contributed by atoms with Crippen LogP contribution < -0.4 is 0 Å². The number of nitrogens with zero attached hydrogens (tertiary/aromatic N) is 3. The Morgan fingerprint density at radius 1 is 1.24 bits per heavy atom. The number of aromatic nitrogens is 2. The molecular formula is C10H4ClF6N3O. The maximum atomic E-state index is 12.7. The first-order chi connectivity index (χ1) is 9.55. The fourth-order valence-corrected chi connectivity index (χ4v) is 1.89. The first kappa shape index (κ1) is 15.4. The molecule has 2 aromatic rings. The van der Waals surface area contributed by atoms with Crippen molar-refractivity contribution in [1.82, 2.24) is 9.38 Å². The van der Waals surface area contributed by atoms with Crippen LogP contribution in [-0.4, -0.2) is 26.5 Å². The topological polar surface area (TPSA) is 49.9 Å². The van der Waals surface area contributed by atoms with E-state index in [0.29, 0.717) is 22.9 Å². The maximum Gasteiger partial charge on any atom is 0.438 e. The second-order valence-corrected chi connectivity index (χ2v) is 4.27. The van der Waals surface area contributed by atoms with Gasteiger partial charge in [0.25, 0.3) is 0 Å². The van der Waals surface area contributed by atoms with Crippen molar-refractivity contribution < 1.29 is 31.5 Å². The van der Waals surface area contributed by atoms with Crippen molar-refractivity contribution in [3.05, 3.63) is 34.7 Å². The van der Waals surface area contributed by atoms with Crippen LogP contribution >= 0.6 is 11.6 Å². The predicted molar refractivity (Wildman–Crippen MR) is 59.6 cm³/mol. The van der Waals surface area contributed by atoms with Crippen molar-refractivity contribution in [3.63, 3.8) is 0 Å². The highest BCUT2D eigenvalue weighted by atomic mass is 35.5. The van der Waals surface area contributed by atoms with Gasteiger partial charge in [-0.3, -0.25) is 4.40 Å². The molecule has 0 spiro atoms. The molecule has 0 aromatic carbocycles. The van der Waals surface area contributed by atoms with E-state index in [4.69, 9.17) is 16.8 Å². The van der Waals surface area contributed by atoms with Crippen LogP contribution in [0.1, 0.15) is 11.3 Å². The van der Waals surface area contributed by atoms with Crippen molar-refractivity contribution in [3.8, 4) is 0 Å². The first-order valence-corrected chi connectivity index (χ1v) is 5.47. The van der Waals surface area contributed by atoms with Gasteiger partial charge in [-0.05, 0) is 6.07 Å². The molecular weight excluding hydrogens is 328 g/mol. The van der Waals surface area contributed by atoms with Gasteiger partial charge in [0.2, 0.25) is 5.71 Å². The Morgan fingerprint density at radius 2 is 1.86 bits per heavy atom. The Labute approximate surface area is 117 Å². The van der Waals surface area contributed by atoms with Crippen molar-refractivity contribution >= 4 is 23.0 Å². The summed E-state index contributed by atoms with van der Waals surface area (Å²) in [6.45, 7) is 0. The Kier molecular flexibility index (Phi) is 3.52. The Bertz CT molecular complexity index is 718. The smallest absolute Gasteiger partial charge is 0.410 e. The SMILES string of the molecule is O/N=C(/c1cnc2c(Cl)cc(C(F)(F)F)cn12)C(F)(F)F. The van der Waals surface area contributed by atoms with Gasteiger partial charge in [-0.25, -0.2) is 4.98 Å². The molecule has 0 saturated heterocycles. The molecule has 2 aromatic heterocycles. The molecule has 2 heterocycles. The normalized spacial score (nSPS) is 14.0. The Balaban J connectivity index is 2.76. The van der Waals surface area contributed by atoms with Gasteiger partial charge >= 0.3 is 12.4 Å². The lowest BCUT2D eigenvalue weighted by Crippen LogP contribution is -2.25. The molecule has 0 amide bonds. The summed E-state index contributed by atoms with van der Waals surface area (Å²) in [5.74, 6) is 0. The van der Waals surface area contributed by atoms with Gasteiger partial charge in [-0.15, -0.1) is 0 Å². The molecule has 0 saturated carbocycles. The van der Waals surface area contributed by atoms with Gasteiger partial charge in [-0.2, -0.15) is 26.3 Å². The number of oxime groups is 1. The van der Waals surface area contributed by atoms with Crippen LogP contribution in [0.3, 0.4) is 0 Å². The van der Waals surface area contributed by atoms with Crippen LogP contribution in [0.2, 0.25) is 5.02 Å². The van der Waals surface area contributed by atoms with Crippen molar-refractivity contribution in [1.29, 1.82) is 0 Å². The Morgan fingerprint density at radius 3 is 2.33 bits per heavy atom. The molecule has 1 N–H and O–H groups in total. The van der Waals surface area contributed by atoms with E-state index in [-0.39, 0.29) is 5.65 Å². The van der Waals surface area contributed by atoms with E-state index in [0.717, 1.165) is 0 Å². The minimum absolute atomic E-state index is 0.329. The zero-order valence-electron chi connectivity index (χ0n) is 9.67. The second-order valence-electron chi connectivity index (χ2n) is 3.86. The largest absolute Gasteiger partial charge is 0.438 e. The number of alkyl halides is 6. The summed E-state index contributed by atoms with van der Waals surface area (Å²) in [4.78, 5) is 3.50. The fraction of sp³-hybridized carbons (Fsp3) is 0.200. The van der Waals surface area contributed by atoms with Crippen LogP contribution in [0.5, 0.6) is 0 Å². The van der Waals surface area contributed by atoms with Gasteiger partial charge in [0, 0.05) is 6.20 Å². The lowest BCUT2D eigenvalue weighted by molar-refractivity contribution is -0.137. The number of hydrogen-bond acceptors (Lipinski definition) is 3. The van der Waals surface area contributed by atoms with Gasteiger partial charge in [0.1, 0.15) is 0 Å². The average molecular weight is 332 g/mol. The van der Waals surface area contributed by atoms with Crippen LogP contribution in [0.15, 0.2) is 23.6 Å². The zero-order chi connectivity index (χ0) is 16.0. The number of imidazole rings is 1. The summed E-state index contributed by atoms with van der Waals surface area (Å²) in [5.41, 5.74) is -4.25. The minimum atomic E-state index is -5.08. The summed E-state index contributed by atoms with van der Waals surface area (Å²) >= 11 is 5.58. The Hall–Kier alpha value is -1.97. The van der Waals surface area contributed by atoms with Gasteiger partial charge in [-0.1, -0.05) is 16.8 Å². The van der Waals surface area contributed by atoms with Crippen LogP contribution in [0.4, 0.5) is 26.3 Å². The van der Waals surface area contributed by atoms with E-state index < -0.39 is 34.3 Å². The average Bonchev–Trinajstić information content (AvgIpc) is 2.71. The lowest BCUT2D eigenvalue weighted by atomic mass is 10.2. The number of fused-ring (bicyclic) bond motifs is 1. The van der Waals surface area contributed by atoms with Crippen molar-refractivity contribution in [2.75, 3.05) is 0 Å². The highest BCUT2D eigenvalue weighted by Crippen LogP contribution is 2.33. The van der Waals surface area contributed by atoms with E-state index in [1.807, 2.05) is 0 Å². The van der Waals surface area contributed by atoms with E-state index in [2.05, 4.69) is 10.1 Å². The molecule has 0 aliphatic heterocycles. The number of pyridine rings is 1. The molecule has 2 rings (SSSR count). The summed E-state index contributed by atoms with van der Waals surface area (Å²) in [6, 6.07) is 0.539. The molecule has 0 aliphatic rings. The van der Waals surface area contributed by atoms with Gasteiger partial charge < -0.3 is 5.21 Å². The third kappa shape index (κ3) is 2.75. The molecule has 114 valence electrons. The molecule has 0 atom stereocenters. The monoisotopic (exact) mass is 331 g/mol. The van der Waals surface area contributed by atoms with Crippen LogP contribution in [0, 0.1) is 0 Å². The summed E-state index contributed by atoms with van der Waals surface area (Å²) < 4.78 is 76.4. The molecule has 4 nitrogen and oxygen atoms in total. The summed E-state index contributed by atoms with van der Waals surface area (Å²) in [6.07, 6.45) is -8.88. The van der Waals surface area contributed by atoms with Gasteiger partial charge in [0.15, 0.2) is 5.65 Å². The summed E-state index contributed by atoms with van der Waals surface area (Å²) in [7, 11) is 0. The first-order valence-electron chi connectivity index (χ1n) is 5.09. The van der Waals surface area contributed by atoms with E-state index in [9.17, 15) is 26.3 Å². The van der Waals surface area contributed by atoms with E-state index >= 15 is 0 Å². The number of hydrogen-bond donors (Lipinski definition) is 1. The highest BCUT2D eigenvalue weighted by molar-refractivity contribution is 6.33. The fourth-order valence-electron chi connectivity index (χ4n) is 1.63.